The predicted octanol–water partition coefficient (Wildman–Crippen LogP) is 1.43. The first kappa shape index (κ1) is 12.2. The van der Waals surface area contributed by atoms with Crippen molar-refractivity contribution in [3.63, 3.8) is 0 Å². The first-order chi connectivity index (χ1) is 8.42. The van der Waals surface area contributed by atoms with Crippen molar-refractivity contribution in [2.75, 3.05) is 38.3 Å². The lowest BCUT2D eigenvalue weighted by Crippen LogP contribution is -2.15. The molecule has 94 valence electrons. The minimum atomic E-state index is 0.0578. The maximum atomic E-state index is 8.56. The van der Waals surface area contributed by atoms with Crippen molar-refractivity contribution < 1.29 is 14.6 Å². The van der Waals surface area contributed by atoms with Crippen LogP contribution in [0.2, 0.25) is 0 Å². The van der Waals surface area contributed by atoms with Crippen LogP contribution in [0, 0.1) is 0 Å². The molecule has 0 fully saturated rings. The Hall–Kier alpha value is -1.26. The number of ether oxygens (including phenoxy) is 2. The average Bonchev–Trinajstić information content (AvgIpc) is 2.39. The predicted molar refractivity (Wildman–Crippen MR) is 66.7 cm³/mol. The van der Waals surface area contributed by atoms with Gasteiger partial charge in [-0.2, -0.15) is 0 Å². The largest absolute Gasteiger partial charge is 0.489 e. The number of benzene rings is 1. The SMILES string of the molecule is OCCOCCOc1cccc2c1NCCC2. The van der Waals surface area contributed by atoms with Gasteiger partial charge >= 0.3 is 0 Å². The lowest BCUT2D eigenvalue weighted by molar-refractivity contribution is 0.0706. The number of fused-ring (bicyclic) bond motifs is 1. The fourth-order valence-electron chi connectivity index (χ4n) is 1.98. The summed E-state index contributed by atoms with van der Waals surface area (Å²) >= 11 is 0. The number of para-hydroxylation sites is 1. The maximum absolute atomic E-state index is 8.56. The zero-order valence-electron chi connectivity index (χ0n) is 9.95. The molecule has 4 nitrogen and oxygen atoms in total. The topological polar surface area (TPSA) is 50.7 Å². The molecule has 0 aromatic heterocycles. The van der Waals surface area contributed by atoms with Crippen molar-refractivity contribution in [1.29, 1.82) is 0 Å². The summed E-state index contributed by atoms with van der Waals surface area (Å²) in [5.41, 5.74) is 2.45. The molecule has 1 aromatic rings. The Balaban J connectivity index is 1.87. The van der Waals surface area contributed by atoms with Gasteiger partial charge < -0.3 is 19.9 Å². The maximum Gasteiger partial charge on any atom is 0.142 e. The molecule has 2 rings (SSSR count). The summed E-state index contributed by atoms with van der Waals surface area (Å²) in [6.45, 7) is 2.45. The van der Waals surface area contributed by atoms with Crippen LogP contribution in [0.5, 0.6) is 5.75 Å². The van der Waals surface area contributed by atoms with Crippen molar-refractivity contribution in [3.8, 4) is 5.75 Å². The zero-order valence-corrected chi connectivity index (χ0v) is 9.95. The monoisotopic (exact) mass is 237 g/mol. The van der Waals surface area contributed by atoms with Gasteiger partial charge in [0.15, 0.2) is 0 Å². The molecule has 17 heavy (non-hydrogen) atoms. The molecule has 4 heteroatoms. The lowest BCUT2D eigenvalue weighted by Gasteiger charge is -2.21. The molecule has 0 saturated carbocycles. The Morgan fingerprint density at radius 2 is 2.18 bits per heavy atom. The second kappa shape index (κ2) is 6.47. The molecule has 0 radical (unpaired) electrons. The van der Waals surface area contributed by atoms with E-state index in [4.69, 9.17) is 14.6 Å². The number of hydrogen-bond donors (Lipinski definition) is 2. The van der Waals surface area contributed by atoms with Gasteiger partial charge in [0.2, 0.25) is 0 Å². The number of rotatable bonds is 6. The standard InChI is InChI=1S/C13H19NO3/c15-7-8-16-9-10-17-12-5-1-3-11-4-2-6-14-13(11)12/h1,3,5,14-15H,2,4,6-10H2. The van der Waals surface area contributed by atoms with Crippen LogP contribution in [0.25, 0.3) is 0 Å². The highest BCUT2D eigenvalue weighted by Gasteiger charge is 2.12. The third kappa shape index (κ3) is 3.35. The fourth-order valence-corrected chi connectivity index (χ4v) is 1.98. The molecule has 0 amide bonds. The summed E-state index contributed by atoms with van der Waals surface area (Å²) in [5.74, 6) is 0.898. The summed E-state index contributed by atoms with van der Waals surface area (Å²) < 4.78 is 10.8. The molecule has 2 N–H and O–H groups in total. The van der Waals surface area contributed by atoms with Crippen LogP contribution in [-0.4, -0.2) is 38.1 Å². The third-order valence-electron chi connectivity index (χ3n) is 2.76. The Morgan fingerprint density at radius 3 is 3.06 bits per heavy atom. The van der Waals surface area contributed by atoms with Crippen molar-refractivity contribution in [2.45, 2.75) is 12.8 Å². The van der Waals surface area contributed by atoms with E-state index in [2.05, 4.69) is 11.4 Å². The van der Waals surface area contributed by atoms with Gasteiger partial charge in [-0.25, -0.2) is 0 Å². The first-order valence-corrected chi connectivity index (χ1v) is 6.09. The van der Waals surface area contributed by atoms with Gasteiger partial charge in [0.1, 0.15) is 12.4 Å². The number of hydrogen-bond acceptors (Lipinski definition) is 4. The van der Waals surface area contributed by atoms with Crippen molar-refractivity contribution in [3.05, 3.63) is 23.8 Å². The molecule has 0 atom stereocenters. The van der Waals surface area contributed by atoms with E-state index >= 15 is 0 Å². The van der Waals surface area contributed by atoms with Crippen LogP contribution < -0.4 is 10.1 Å². The molecule has 0 saturated heterocycles. The molecule has 1 aliphatic rings. The molecule has 0 bridgehead atoms. The van der Waals surface area contributed by atoms with E-state index in [1.807, 2.05) is 12.1 Å². The van der Waals surface area contributed by atoms with Crippen LogP contribution in [0.4, 0.5) is 5.69 Å². The highest BCUT2D eigenvalue weighted by molar-refractivity contribution is 5.63. The normalized spacial score (nSPS) is 13.9. The van der Waals surface area contributed by atoms with Gasteiger partial charge in [-0.05, 0) is 24.5 Å². The average molecular weight is 237 g/mol. The van der Waals surface area contributed by atoms with E-state index in [-0.39, 0.29) is 6.61 Å². The Kier molecular flexibility index (Phi) is 4.64. The van der Waals surface area contributed by atoms with E-state index in [0.717, 1.165) is 24.4 Å². The van der Waals surface area contributed by atoms with Gasteiger partial charge in [-0.15, -0.1) is 0 Å². The van der Waals surface area contributed by atoms with E-state index < -0.39 is 0 Å². The van der Waals surface area contributed by atoms with E-state index in [9.17, 15) is 0 Å². The summed E-state index contributed by atoms with van der Waals surface area (Å²) in [6.07, 6.45) is 2.29. The third-order valence-corrected chi connectivity index (χ3v) is 2.76. The summed E-state index contributed by atoms with van der Waals surface area (Å²) in [7, 11) is 0. The number of aryl methyl sites for hydroxylation is 1. The summed E-state index contributed by atoms with van der Waals surface area (Å²) in [6, 6.07) is 6.13. The Morgan fingerprint density at radius 1 is 1.24 bits per heavy atom. The van der Waals surface area contributed by atoms with Gasteiger partial charge in [0.05, 0.1) is 25.5 Å². The fraction of sp³-hybridized carbons (Fsp3) is 0.538. The lowest BCUT2D eigenvalue weighted by atomic mass is 10.0. The number of nitrogens with one attached hydrogen (secondary N) is 1. The minimum Gasteiger partial charge on any atom is -0.489 e. The van der Waals surface area contributed by atoms with Crippen molar-refractivity contribution in [1.82, 2.24) is 0 Å². The minimum absolute atomic E-state index is 0.0578. The Bertz CT molecular complexity index is 355. The Labute approximate surface area is 102 Å². The molecule has 0 unspecified atom stereocenters. The van der Waals surface area contributed by atoms with E-state index in [1.165, 1.54) is 12.0 Å². The molecule has 1 aliphatic heterocycles. The van der Waals surface area contributed by atoms with Gasteiger partial charge in [0, 0.05) is 6.54 Å². The number of anilines is 1. The van der Waals surface area contributed by atoms with Crippen LogP contribution in [0.15, 0.2) is 18.2 Å². The highest BCUT2D eigenvalue weighted by Crippen LogP contribution is 2.31. The molecular weight excluding hydrogens is 218 g/mol. The van der Waals surface area contributed by atoms with Crippen LogP contribution in [0.3, 0.4) is 0 Å². The van der Waals surface area contributed by atoms with Gasteiger partial charge in [-0.3, -0.25) is 0 Å². The van der Waals surface area contributed by atoms with Crippen LogP contribution >= 0.6 is 0 Å². The molecule has 0 aliphatic carbocycles. The van der Waals surface area contributed by atoms with Crippen molar-refractivity contribution >= 4 is 5.69 Å². The molecule has 1 aromatic carbocycles. The van der Waals surface area contributed by atoms with E-state index in [0.29, 0.717) is 19.8 Å². The second-order valence-corrected chi connectivity index (χ2v) is 4.01. The molecule has 0 spiro atoms. The van der Waals surface area contributed by atoms with Gasteiger partial charge in [0.25, 0.3) is 0 Å². The molecule has 1 heterocycles. The van der Waals surface area contributed by atoms with Crippen molar-refractivity contribution in [2.24, 2.45) is 0 Å². The molecular formula is C13H19NO3. The summed E-state index contributed by atoms with van der Waals surface area (Å²) in [4.78, 5) is 0. The zero-order chi connectivity index (χ0) is 11.9. The number of aliphatic hydroxyl groups is 1. The summed E-state index contributed by atoms with van der Waals surface area (Å²) in [5, 5.41) is 11.9. The van der Waals surface area contributed by atoms with Crippen LogP contribution in [-0.2, 0) is 11.2 Å². The highest BCUT2D eigenvalue weighted by atomic mass is 16.5. The number of aliphatic hydroxyl groups excluding tert-OH is 1. The second-order valence-electron chi connectivity index (χ2n) is 4.01. The van der Waals surface area contributed by atoms with Crippen LogP contribution in [0.1, 0.15) is 12.0 Å². The first-order valence-electron chi connectivity index (χ1n) is 6.09. The quantitative estimate of drug-likeness (QED) is 0.735. The van der Waals surface area contributed by atoms with E-state index in [1.54, 1.807) is 0 Å². The smallest absolute Gasteiger partial charge is 0.142 e. The van der Waals surface area contributed by atoms with Gasteiger partial charge in [-0.1, -0.05) is 12.1 Å².